The molecular formula is C16H21NO6. The Kier molecular flexibility index (Phi) is 7.45. The molecule has 0 aliphatic rings. The molecular weight excluding hydrogens is 302 g/mol. The first-order valence-corrected chi connectivity index (χ1v) is 6.84. The van der Waals surface area contributed by atoms with Crippen LogP contribution in [0.2, 0.25) is 0 Å². The molecule has 0 spiro atoms. The molecule has 1 N–H and O–H groups in total. The van der Waals surface area contributed by atoms with Crippen molar-refractivity contribution in [2.75, 3.05) is 28.4 Å². The van der Waals surface area contributed by atoms with Gasteiger partial charge >= 0.3 is 11.9 Å². The van der Waals surface area contributed by atoms with Gasteiger partial charge in [-0.05, 0) is 12.1 Å². The van der Waals surface area contributed by atoms with Crippen molar-refractivity contribution in [3.05, 3.63) is 47.2 Å². The van der Waals surface area contributed by atoms with Crippen LogP contribution in [0.15, 0.2) is 35.8 Å². The number of esters is 2. The van der Waals surface area contributed by atoms with Crippen LogP contribution < -0.4 is 0 Å². The molecule has 126 valence electrons. The molecule has 0 saturated heterocycles. The quantitative estimate of drug-likeness (QED) is 0.443. The van der Waals surface area contributed by atoms with Crippen LogP contribution in [0.25, 0.3) is 0 Å². The number of rotatable bonds is 8. The summed E-state index contributed by atoms with van der Waals surface area (Å²) in [5.74, 6) is -0.00254. The lowest BCUT2D eigenvalue weighted by Gasteiger charge is -2.06. The number of carbonyl (C=O) groups excluding carboxylic acids is 2. The number of nitrogens with one attached hydrogen (secondary N) is 1. The van der Waals surface area contributed by atoms with E-state index in [1.54, 1.807) is 0 Å². The molecule has 0 unspecified atom stereocenters. The Labute approximate surface area is 134 Å². The summed E-state index contributed by atoms with van der Waals surface area (Å²) in [5.41, 5.74) is 1.70. The molecule has 1 rings (SSSR count). The summed E-state index contributed by atoms with van der Waals surface area (Å²) in [4.78, 5) is 25.7. The standard InChI is InChI=1S/C16H21NO6/c1-20-13(9-15(18)22-3)7-11-5-6-12(17-11)8-14(21-2)10-16(19)23-4/h5-6,9-10,17H,7-8H2,1-4H3. The van der Waals surface area contributed by atoms with Gasteiger partial charge in [0, 0.05) is 24.2 Å². The average molecular weight is 323 g/mol. The molecule has 1 aromatic heterocycles. The third-order valence-corrected chi connectivity index (χ3v) is 3.02. The lowest BCUT2D eigenvalue weighted by molar-refractivity contribution is -0.136. The molecule has 23 heavy (non-hydrogen) atoms. The SMILES string of the molecule is COC(=O)C=C(Cc1ccc(CC(=CC(=O)OC)OC)[nH]1)OC. The fraction of sp³-hybridized carbons (Fsp3) is 0.375. The van der Waals surface area contributed by atoms with Gasteiger partial charge in [0.05, 0.1) is 40.6 Å². The van der Waals surface area contributed by atoms with Gasteiger partial charge < -0.3 is 23.9 Å². The molecule has 0 aliphatic carbocycles. The predicted octanol–water partition coefficient (Wildman–Crippen LogP) is 1.51. The maximum Gasteiger partial charge on any atom is 0.333 e. The summed E-state index contributed by atoms with van der Waals surface area (Å²) in [6.07, 6.45) is 3.40. The Morgan fingerprint density at radius 2 is 1.22 bits per heavy atom. The minimum Gasteiger partial charge on any atom is -0.500 e. The van der Waals surface area contributed by atoms with Gasteiger partial charge in [-0.25, -0.2) is 9.59 Å². The largest absolute Gasteiger partial charge is 0.500 e. The molecule has 0 aromatic carbocycles. The molecule has 0 bridgehead atoms. The van der Waals surface area contributed by atoms with Crippen molar-refractivity contribution in [3.63, 3.8) is 0 Å². The molecule has 0 amide bonds. The van der Waals surface area contributed by atoms with E-state index in [1.807, 2.05) is 12.1 Å². The summed E-state index contributed by atoms with van der Waals surface area (Å²) in [6.45, 7) is 0. The van der Waals surface area contributed by atoms with Crippen molar-refractivity contribution in [2.45, 2.75) is 12.8 Å². The highest BCUT2D eigenvalue weighted by atomic mass is 16.5. The Balaban J connectivity index is 2.77. The Morgan fingerprint density at radius 1 is 0.826 bits per heavy atom. The zero-order chi connectivity index (χ0) is 17.2. The maximum absolute atomic E-state index is 11.2. The van der Waals surface area contributed by atoms with Crippen LogP contribution in [0, 0.1) is 0 Å². The number of aromatic amines is 1. The Morgan fingerprint density at radius 3 is 1.52 bits per heavy atom. The summed E-state index contributed by atoms with van der Waals surface area (Å²) < 4.78 is 19.4. The van der Waals surface area contributed by atoms with Crippen molar-refractivity contribution in [3.8, 4) is 0 Å². The number of hydrogen-bond acceptors (Lipinski definition) is 6. The molecule has 7 heteroatoms. The first-order chi connectivity index (χ1) is 11.0. The number of ether oxygens (including phenoxy) is 4. The van der Waals surface area contributed by atoms with Gasteiger partial charge in [0.1, 0.15) is 11.5 Å². The summed E-state index contributed by atoms with van der Waals surface area (Å²) in [6, 6.07) is 3.73. The Hall–Kier alpha value is -2.70. The molecule has 0 saturated carbocycles. The van der Waals surface area contributed by atoms with Gasteiger partial charge in [-0.15, -0.1) is 0 Å². The van der Waals surface area contributed by atoms with Crippen LogP contribution in [0.1, 0.15) is 11.4 Å². The van der Waals surface area contributed by atoms with E-state index in [2.05, 4.69) is 14.5 Å². The van der Waals surface area contributed by atoms with Gasteiger partial charge in [-0.2, -0.15) is 0 Å². The second kappa shape index (κ2) is 9.34. The van der Waals surface area contributed by atoms with Gasteiger partial charge in [0.2, 0.25) is 0 Å². The first-order valence-electron chi connectivity index (χ1n) is 6.84. The van der Waals surface area contributed by atoms with E-state index in [-0.39, 0.29) is 0 Å². The molecule has 1 aromatic rings. The molecule has 0 radical (unpaired) electrons. The zero-order valence-electron chi connectivity index (χ0n) is 13.7. The fourth-order valence-electron chi connectivity index (χ4n) is 1.82. The van der Waals surface area contributed by atoms with Crippen molar-refractivity contribution in [2.24, 2.45) is 0 Å². The van der Waals surface area contributed by atoms with Gasteiger partial charge in [0.15, 0.2) is 0 Å². The van der Waals surface area contributed by atoms with Gasteiger partial charge in [-0.1, -0.05) is 0 Å². The number of hydrogen-bond donors (Lipinski definition) is 1. The van der Waals surface area contributed by atoms with Crippen LogP contribution in [-0.4, -0.2) is 45.4 Å². The molecule has 0 fully saturated rings. The van der Waals surface area contributed by atoms with E-state index in [4.69, 9.17) is 9.47 Å². The first kappa shape index (κ1) is 18.3. The monoisotopic (exact) mass is 323 g/mol. The van der Waals surface area contributed by atoms with Crippen LogP contribution in [-0.2, 0) is 41.4 Å². The highest BCUT2D eigenvalue weighted by Crippen LogP contribution is 2.13. The topological polar surface area (TPSA) is 86.9 Å². The molecule has 0 atom stereocenters. The van der Waals surface area contributed by atoms with E-state index in [1.165, 1.54) is 40.6 Å². The normalized spacial score (nSPS) is 11.8. The van der Waals surface area contributed by atoms with Crippen molar-refractivity contribution >= 4 is 11.9 Å². The minimum absolute atomic E-state index is 0.411. The lowest BCUT2D eigenvalue weighted by Crippen LogP contribution is -2.02. The van der Waals surface area contributed by atoms with Crippen LogP contribution in [0.5, 0.6) is 0 Å². The van der Waals surface area contributed by atoms with E-state index in [9.17, 15) is 9.59 Å². The number of allylic oxidation sites excluding steroid dienone is 2. The highest BCUT2D eigenvalue weighted by Gasteiger charge is 2.08. The summed E-state index contributed by atoms with van der Waals surface area (Å²) >= 11 is 0. The van der Waals surface area contributed by atoms with Gasteiger partial charge in [0.25, 0.3) is 0 Å². The summed E-state index contributed by atoms with van der Waals surface area (Å²) in [5, 5.41) is 0. The van der Waals surface area contributed by atoms with E-state index in [0.29, 0.717) is 24.4 Å². The van der Waals surface area contributed by atoms with Crippen molar-refractivity contribution in [1.82, 2.24) is 4.98 Å². The van der Waals surface area contributed by atoms with Gasteiger partial charge in [-0.3, -0.25) is 0 Å². The number of aromatic nitrogens is 1. The predicted molar refractivity (Wildman–Crippen MR) is 82.4 cm³/mol. The minimum atomic E-state index is -0.476. The third kappa shape index (κ3) is 6.29. The Bertz CT molecular complexity index is 549. The van der Waals surface area contributed by atoms with E-state index in [0.717, 1.165) is 11.4 Å². The van der Waals surface area contributed by atoms with Crippen LogP contribution >= 0.6 is 0 Å². The highest BCUT2D eigenvalue weighted by molar-refractivity contribution is 5.82. The second-order valence-electron chi connectivity index (χ2n) is 4.54. The van der Waals surface area contributed by atoms with E-state index < -0.39 is 11.9 Å². The number of H-pyrrole nitrogens is 1. The number of carbonyl (C=O) groups is 2. The number of methoxy groups -OCH3 is 4. The van der Waals surface area contributed by atoms with Crippen LogP contribution in [0.3, 0.4) is 0 Å². The smallest absolute Gasteiger partial charge is 0.333 e. The van der Waals surface area contributed by atoms with Crippen molar-refractivity contribution in [1.29, 1.82) is 0 Å². The molecule has 0 aliphatic heterocycles. The van der Waals surface area contributed by atoms with E-state index >= 15 is 0 Å². The fourth-order valence-corrected chi connectivity index (χ4v) is 1.82. The molecule has 7 nitrogen and oxygen atoms in total. The zero-order valence-corrected chi connectivity index (χ0v) is 13.7. The maximum atomic E-state index is 11.2. The average Bonchev–Trinajstić information content (AvgIpc) is 2.99. The van der Waals surface area contributed by atoms with Crippen LogP contribution in [0.4, 0.5) is 0 Å². The third-order valence-electron chi connectivity index (χ3n) is 3.02. The lowest BCUT2D eigenvalue weighted by atomic mass is 10.2. The molecule has 1 heterocycles. The second-order valence-corrected chi connectivity index (χ2v) is 4.54. The summed E-state index contributed by atoms with van der Waals surface area (Å²) in [7, 11) is 5.58. The van der Waals surface area contributed by atoms with Crippen molar-refractivity contribution < 1.29 is 28.5 Å².